The fraction of sp³-hybridized carbons (Fsp3) is 0.360. The number of nitrogens with one attached hydrogen (secondary N) is 1. The largest absolute Gasteiger partial charge is 0.493 e. The third kappa shape index (κ3) is 4.84. The number of piperazine rings is 1. The van der Waals surface area contributed by atoms with Gasteiger partial charge in [0.05, 0.1) is 24.6 Å². The molecule has 2 N–H and O–H groups in total. The Kier molecular flexibility index (Phi) is 6.75. The van der Waals surface area contributed by atoms with Crippen molar-refractivity contribution < 1.29 is 14.6 Å². The van der Waals surface area contributed by atoms with E-state index in [-0.39, 0.29) is 12.0 Å². The van der Waals surface area contributed by atoms with Gasteiger partial charge in [-0.1, -0.05) is 6.58 Å². The number of hydrogen-bond acceptors (Lipinski definition) is 10. The maximum absolute atomic E-state index is 12.0. The quantitative estimate of drug-likeness (QED) is 0.467. The summed E-state index contributed by atoms with van der Waals surface area (Å²) >= 11 is 1.55. The van der Waals surface area contributed by atoms with Gasteiger partial charge in [0.15, 0.2) is 22.5 Å². The zero-order chi connectivity index (χ0) is 25.2. The topological polar surface area (TPSA) is 107 Å². The zero-order valence-electron chi connectivity index (χ0n) is 20.3. The third-order valence-corrected chi connectivity index (χ3v) is 7.16. The second kappa shape index (κ2) is 10.1. The van der Waals surface area contributed by atoms with E-state index in [0.29, 0.717) is 50.8 Å². The number of anilines is 4. The summed E-state index contributed by atoms with van der Waals surface area (Å²) < 4.78 is 5.51. The van der Waals surface area contributed by atoms with E-state index < -0.39 is 0 Å². The highest BCUT2D eigenvalue weighted by atomic mass is 32.1. The van der Waals surface area contributed by atoms with Crippen molar-refractivity contribution in [1.82, 2.24) is 19.9 Å². The Labute approximate surface area is 213 Å². The van der Waals surface area contributed by atoms with Gasteiger partial charge in [-0.25, -0.2) is 15.0 Å². The summed E-state index contributed by atoms with van der Waals surface area (Å²) in [5, 5.41) is 14.0. The van der Waals surface area contributed by atoms with Crippen molar-refractivity contribution in [2.45, 2.75) is 13.0 Å². The van der Waals surface area contributed by atoms with Gasteiger partial charge in [-0.3, -0.25) is 4.79 Å². The van der Waals surface area contributed by atoms with Crippen LogP contribution < -0.4 is 19.9 Å². The molecule has 0 unspecified atom stereocenters. The minimum atomic E-state index is -0.347. The normalized spacial score (nSPS) is 16.0. The number of rotatable bonds is 7. The van der Waals surface area contributed by atoms with E-state index in [4.69, 9.17) is 14.7 Å². The molecule has 3 aromatic rings. The number of β-amino-alcohol motifs (C(OH)–C–C–N with tert-alkyl or cyclic N) is 1. The summed E-state index contributed by atoms with van der Waals surface area (Å²) in [5.74, 6) is 2.00. The average molecular weight is 508 g/mol. The van der Waals surface area contributed by atoms with Crippen LogP contribution in [0, 0.1) is 6.92 Å². The molecule has 2 saturated heterocycles. The molecule has 36 heavy (non-hydrogen) atoms. The molecule has 5 heterocycles. The fourth-order valence-electron chi connectivity index (χ4n) is 4.36. The molecule has 2 aliphatic heterocycles. The van der Waals surface area contributed by atoms with Gasteiger partial charge in [-0.2, -0.15) is 0 Å². The second-order valence-corrected chi connectivity index (χ2v) is 10.0. The Morgan fingerprint density at radius 1 is 1.19 bits per heavy atom. The Hall–Kier alpha value is -3.70. The Bertz CT molecular complexity index is 1270. The molecular weight excluding hydrogens is 478 g/mol. The summed E-state index contributed by atoms with van der Waals surface area (Å²) in [5.41, 5.74) is 2.55. The van der Waals surface area contributed by atoms with Crippen molar-refractivity contribution in [2.75, 3.05) is 61.5 Å². The number of hydrogen-bond donors (Lipinski definition) is 2. The maximum Gasteiger partial charge on any atom is 0.246 e. The highest BCUT2D eigenvalue weighted by Gasteiger charge is 2.30. The van der Waals surface area contributed by atoms with Crippen LogP contribution in [0.3, 0.4) is 0 Å². The lowest BCUT2D eigenvalue weighted by Gasteiger charge is -2.42. The predicted octanol–water partition coefficient (Wildman–Crippen LogP) is 2.68. The first-order valence-electron chi connectivity index (χ1n) is 11.8. The first-order chi connectivity index (χ1) is 17.4. The lowest BCUT2D eigenvalue weighted by Crippen LogP contribution is -2.52. The zero-order valence-corrected chi connectivity index (χ0v) is 21.2. The molecule has 2 aliphatic rings. The lowest BCUT2D eigenvalue weighted by atomic mass is 10.1. The molecule has 0 radical (unpaired) electrons. The number of ether oxygens (including phenoxy) is 1. The van der Waals surface area contributed by atoms with Crippen molar-refractivity contribution in [2.24, 2.45) is 0 Å². The number of carbonyl (C=O) groups excluding carboxylic acids is 1. The highest BCUT2D eigenvalue weighted by molar-refractivity contribution is 7.15. The second-order valence-electron chi connectivity index (χ2n) is 8.79. The van der Waals surface area contributed by atoms with Gasteiger partial charge in [0, 0.05) is 62.1 Å². The summed E-state index contributed by atoms with van der Waals surface area (Å²) in [6.07, 6.45) is 4.64. The maximum atomic E-state index is 12.0. The van der Waals surface area contributed by atoms with E-state index in [1.54, 1.807) is 23.3 Å². The average Bonchev–Trinajstić information content (AvgIpc) is 3.30. The number of aliphatic hydroxyl groups is 1. The van der Waals surface area contributed by atoms with Gasteiger partial charge in [0.1, 0.15) is 0 Å². The molecule has 0 aromatic carbocycles. The van der Waals surface area contributed by atoms with Crippen molar-refractivity contribution in [3.05, 3.63) is 48.1 Å². The monoisotopic (exact) mass is 507 g/mol. The molecule has 5 rings (SSSR count). The molecule has 1 amide bonds. The van der Waals surface area contributed by atoms with E-state index in [9.17, 15) is 9.90 Å². The standard InChI is InChI=1S/C25H29N7O3S/c1-4-22(34)30-7-9-31(10-8-30)24-20(32-14-18(33)15-32)11-17(13-26-24)19-5-6-21(35-3)23(28-19)29-25-27-12-16(2)36-25/h4-6,11-13,18,33H,1,7-10,14-15H2,2-3H3,(H,27,28,29). The summed E-state index contributed by atoms with van der Waals surface area (Å²) in [6, 6.07) is 5.85. The number of carbonyl (C=O) groups is 1. The van der Waals surface area contributed by atoms with Gasteiger partial charge in [0.2, 0.25) is 5.91 Å². The van der Waals surface area contributed by atoms with Crippen LogP contribution in [0.1, 0.15) is 4.88 Å². The smallest absolute Gasteiger partial charge is 0.246 e. The van der Waals surface area contributed by atoms with Gasteiger partial charge in [-0.05, 0) is 31.2 Å². The fourth-order valence-corrected chi connectivity index (χ4v) is 5.02. The molecule has 11 heteroatoms. The summed E-state index contributed by atoms with van der Waals surface area (Å²) in [7, 11) is 1.61. The number of nitrogens with zero attached hydrogens (tertiary/aromatic N) is 6. The van der Waals surface area contributed by atoms with Crippen LogP contribution in [-0.2, 0) is 4.79 Å². The van der Waals surface area contributed by atoms with Crippen molar-refractivity contribution in [3.63, 3.8) is 0 Å². The van der Waals surface area contributed by atoms with Crippen LogP contribution in [0.25, 0.3) is 11.3 Å². The Morgan fingerprint density at radius 3 is 2.61 bits per heavy atom. The first-order valence-corrected chi connectivity index (χ1v) is 12.6. The summed E-state index contributed by atoms with van der Waals surface area (Å²) in [4.78, 5) is 33.2. The Morgan fingerprint density at radius 2 is 1.97 bits per heavy atom. The van der Waals surface area contributed by atoms with E-state index in [0.717, 1.165) is 32.8 Å². The van der Waals surface area contributed by atoms with Crippen LogP contribution >= 0.6 is 11.3 Å². The van der Waals surface area contributed by atoms with E-state index in [2.05, 4.69) is 32.7 Å². The SMILES string of the molecule is C=CC(=O)N1CCN(c2ncc(-c3ccc(OC)c(Nc4ncc(C)s4)n3)cc2N2CC(O)C2)CC1. The highest BCUT2D eigenvalue weighted by Crippen LogP contribution is 2.36. The number of methoxy groups -OCH3 is 1. The number of thiazole rings is 1. The van der Waals surface area contributed by atoms with Gasteiger partial charge < -0.3 is 29.9 Å². The van der Waals surface area contributed by atoms with Gasteiger partial charge in [-0.15, -0.1) is 11.3 Å². The van der Waals surface area contributed by atoms with Gasteiger partial charge in [0.25, 0.3) is 0 Å². The predicted molar refractivity (Wildman–Crippen MR) is 141 cm³/mol. The van der Waals surface area contributed by atoms with Crippen LogP contribution in [-0.4, -0.2) is 83.3 Å². The van der Waals surface area contributed by atoms with E-state index in [1.807, 2.05) is 31.5 Å². The molecular formula is C25H29N7O3S. The summed E-state index contributed by atoms with van der Waals surface area (Å²) in [6.45, 7) is 9.28. The molecule has 3 aromatic heterocycles. The molecule has 0 atom stereocenters. The molecule has 2 fully saturated rings. The number of aliphatic hydroxyl groups excluding tert-OH is 1. The lowest BCUT2D eigenvalue weighted by molar-refractivity contribution is -0.126. The van der Waals surface area contributed by atoms with Crippen LogP contribution in [0.2, 0.25) is 0 Å². The minimum Gasteiger partial charge on any atom is -0.493 e. The van der Waals surface area contributed by atoms with Crippen molar-refractivity contribution in [3.8, 4) is 17.0 Å². The number of aromatic nitrogens is 3. The minimum absolute atomic E-state index is 0.0491. The van der Waals surface area contributed by atoms with E-state index >= 15 is 0 Å². The number of aryl methyl sites for hydroxylation is 1. The van der Waals surface area contributed by atoms with Crippen LogP contribution in [0.5, 0.6) is 5.75 Å². The molecule has 188 valence electrons. The van der Waals surface area contributed by atoms with Crippen LogP contribution in [0.4, 0.5) is 22.5 Å². The Balaban J connectivity index is 1.44. The number of amides is 1. The third-order valence-electron chi connectivity index (χ3n) is 6.34. The first kappa shape index (κ1) is 24.0. The van der Waals surface area contributed by atoms with Gasteiger partial charge >= 0.3 is 0 Å². The van der Waals surface area contributed by atoms with Crippen molar-refractivity contribution >= 4 is 39.7 Å². The van der Waals surface area contributed by atoms with E-state index in [1.165, 1.54) is 6.08 Å². The number of pyridine rings is 2. The van der Waals surface area contributed by atoms with Crippen molar-refractivity contribution in [1.29, 1.82) is 0 Å². The molecule has 0 bridgehead atoms. The molecule has 10 nitrogen and oxygen atoms in total. The molecule has 0 aliphatic carbocycles. The molecule has 0 spiro atoms. The van der Waals surface area contributed by atoms with Crippen LogP contribution in [0.15, 0.2) is 43.2 Å². The molecule has 0 saturated carbocycles.